The maximum absolute atomic E-state index is 11.8. The first kappa shape index (κ1) is 16.2. The molecule has 4 nitrogen and oxygen atoms in total. The van der Waals surface area contributed by atoms with Crippen molar-refractivity contribution in [2.75, 3.05) is 0 Å². The number of ether oxygens (including phenoxy) is 1. The summed E-state index contributed by atoms with van der Waals surface area (Å²) in [6.07, 6.45) is 0.769. The Morgan fingerprint density at radius 3 is 2.30 bits per heavy atom. The average molecular weight is 277 g/mol. The molecule has 0 bridgehead atoms. The van der Waals surface area contributed by atoms with Crippen molar-refractivity contribution < 1.29 is 14.3 Å². The number of benzene rings is 1. The molecule has 1 aromatic carbocycles. The second-order valence-electron chi connectivity index (χ2n) is 5.10. The lowest BCUT2D eigenvalue weighted by Gasteiger charge is -2.17. The van der Waals surface area contributed by atoms with Gasteiger partial charge in [-0.1, -0.05) is 19.1 Å². The average Bonchev–Trinajstić information content (AvgIpc) is 2.40. The van der Waals surface area contributed by atoms with E-state index in [-0.39, 0.29) is 17.7 Å². The summed E-state index contributed by atoms with van der Waals surface area (Å²) in [6.45, 7) is 7.26. The maximum Gasteiger partial charge on any atom is 0.260 e. The van der Waals surface area contributed by atoms with Crippen LogP contribution in [0.1, 0.15) is 39.7 Å². The topological polar surface area (TPSA) is 55.4 Å². The normalized spacial score (nSPS) is 13.4. The minimum atomic E-state index is -0.539. The van der Waals surface area contributed by atoms with E-state index in [0.717, 1.165) is 12.0 Å². The minimum Gasteiger partial charge on any atom is -0.481 e. The summed E-state index contributed by atoms with van der Waals surface area (Å²) in [7, 11) is 0. The van der Waals surface area contributed by atoms with Crippen molar-refractivity contribution in [3.05, 3.63) is 29.8 Å². The highest BCUT2D eigenvalue weighted by molar-refractivity contribution is 5.81. The van der Waals surface area contributed by atoms with Crippen molar-refractivity contribution >= 4 is 11.7 Å². The van der Waals surface area contributed by atoms with Gasteiger partial charge in [-0.3, -0.25) is 9.59 Å². The molecule has 1 N–H and O–H groups in total. The number of nitrogens with one attached hydrogen (secondary N) is 1. The van der Waals surface area contributed by atoms with Gasteiger partial charge in [0.1, 0.15) is 11.5 Å². The van der Waals surface area contributed by atoms with Crippen LogP contribution in [-0.4, -0.2) is 23.8 Å². The van der Waals surface area contributed by atoms with Gasteiger partial charge in [-0.05, 0) is 44.9 Å². The second kappa shape index (κ2) is 7.68. The van der Waals surface area contributed by atoms with Crippen LogP contribution in [-0.2, 0) is 16.0 Å². The maximum atomic E-state index is 11.8. The van der Waals surface area contributed by atoms with Gasteiger partial charge in [-0.15, -0.1) is 0 Å². The SMILES string of the molecule is CCC(C)NC(=O)C(C)Oc1ccc(CC(C)=O)cc1. The minimum absolute atomic E-state index is 0.118. The zero-order chi connectivity index (χ0) is 15.1. The third-order valence-electron chi connectivity index (χ3n) is 3.06. The molecule has 0 saturated carbocycles. The summed E-state index contributed by atoms with van der Waals surface area (Å²) >= 11 is 0. The van der Waals surface area contributed by atoms with Gasteiger partial charge in [0.2, 0.25) is 0 Å². The van der Waals surface area contributed by atoms with Crippen molar-refractivity contribution in [2.45, 2.75) is 52.7 Å². The number of amides is 1. The van der Waals surface area contributed by atoms with Crippen molar-refractivity contribution in [1.29, 1.82) is 0 Å². The Bertz CT molecular complexity index is 453. The Kier molecular flexibility index (Phi) is 6.22. The van der Waals surface area contributed by atoms with E-state index >= 15 is 0 Å². The number of ketones is 1. The largest absolute Gasteiger partial charge is 0.481 e. The summed E-state index contributed by atoms with van der Waals surface area (Å²) in [5.74, 6) is 0.635. The molecule has 0 saturated heterocycles. The van der Waals surface area contributed by atoms with Crippen LogP contribution in [0.4, 0.5) is 0 Å². The molecule has 1 amide bonds. The van der Waals surface area contributed by atoms with Gasteiger partial charge in [-0.2, -0.15) is 0 Å². The van der Waals surface area contributed by atoms with Crippen molar-refractivity contribution in [1.82, 2.24) is 5.32 Å². The van der Waals surface area contributed by atoms with Gasteiger partial charge in [0.25, 0.3) is 5.91 Å². The van der Waals surface area contributed by atoms with E-state index < -0.39 is 6.10 Å². The fourth-order valence-corrected chi connectivity index (χ4v) is 1.69. The van der Waals surface area contributed by atoms with Gasteiger partial charge in [0.05, 0.1) is 0 Å². The molecule has 2 atom stereocenters. The predicted octanol–water partition coefficient (Wildman–Crippen LogP) is 2.50. The number of hydrogen-bond acceptors (Lipinski definition) is 3. The number of hydrogen-bond donors (Lipinski definition) is 1. The molecule has 2 unspecified atom stereocenters. The first-order chi connectivity index (χ1) is 9.42. The molecule has 0 aliphatic heterocycles. The molecular formula is C16H23NO3. The molecule has 0 aliphatic rings. The van der Waals surface area contributed by atoms with Crippen LogP contribution in [0.5, 0.6) is 5.75 Å². The molecule has 1 aromatic rings. The zero-order valence-electron chi connectivity index (χ0n) is 12.6. The first-order valence-corrected chi connectivity index (χ1v) is 6.97. The Labute approximate surface area is 120 Å². The molecule has 0 heterocycles. The smallest absolute Gasteiger partial charge is 0.260 e. The molecular weight excluding hydrogens is 254 g/mol. The first-order valence-electron chi connectivity index (χ1n) is 6.97. The number of carbonyl (C=O) groups is 2. The van der Waals surface area contributed by atoms with Crippen LogP contribution in [0.25, 0.3) is 0 Å². The highest BCUT2D eigenvalue weighted by Crippen LogP contribution is 2.14. The molecule has 0 radical (unpaired) electrons. The molecule has 1 rings (SSSR count). The van der Waals surface area contributed by atoms with Gasteiger partial charge in [0, 0.05) is 12.5 Å². The summed E-state index contributed by atoms with van der Waals surface area (Å²) in [4.78, 5) is 22.9. The second-order valence-corrected chi connectivity index (χ2v) is 5.10. The summed E-state index contributed by atoms with van der Waals surface area (Å²) in [5.41, 5.74) is 0.946. The molecule has 4 heteroatoms. The van der Waals surface area contributed by atoms with E-state index in [9.17, 15) is 9.59 Å². The molecule has 0 fully saturated rings. The van der Waals surface area contributed by atoms with Gasteiger partial charge in [0.15, 0.2) is 6.10 Å². The van der Waals surface area contributed by atoms with Crippen LogP contribution in [0.3, 0.4) is 0 Å². The number of rotatable bonds is 7. The third kappa shape index (κ3) is 5.43. The van der Waals surface area contributed by atoms with E-state index in [2.05, 4.69) is 5.32 Å². The van der Waals surface area contributed by atoms with Gasteiger partial charge in [-0.25, -0.2) is 0 Å². The summed E-state index contributed by atoms with van der Waals surface area (Å²) < 4.78 is 5.58. The fourth-order valence-electron chi connectivity index (χ4n) is 1.69. The van der Waals surface area contributed by atoms with Gasteiger partial charge < -0.3 is 10.1 Å². The predicted molar refractivity (Wildman–Crippen MR) is 78.8 cm³/mol. The summed E-state index contributed by atoms with van der Waals surface area (Å²) in [6, 6.07) is 7.40. The van der Waals surface area contributed by atoms with E-state index in [1.807, 2.05) is 26.0 Å². The van der Waals surface area contributed by atoms with E-state index in [0.29, 0.717) is 12.2 Å². The molecule has 20 heavy (non-hydrogen) atoms. The molecule has 0 aromatic heterocycles. The Morgan fingerprint density at radius 1 is 1.20 bits per heavy atom. The molecule has 0 spiro atoms. The van der Waals surface area contributed by atoms with Crippen LogP contribution in [0.15, 0.2) is 24.3 Å². The quantitative estimate of drug-likeness (QED) is 0.833. The standard InChI is InChI=1S/C16H23NO3/c1-5-11(2)17-16(19)13(4)20-15-8-6-14(7-9-15)10-12(3)18/h6-9,11,13H,5,10H2,1-4H3,(H,17,19). The Hall–Kier alpha value is -1.84. The lowest BCUT2D eigenvalue weighted by molar-refractivity contribution is -0.127. The zero-order valence-corrected chi connectivity index (χ0v) is 12.6. The highest BCUT2D eigenvalue weighted by Gasteiger charge is 2.16. The lowest BCUT2D eigenvalue weighted by atomic mass is 10.1. The van der Waals surface area contributed by atoms with E-state index in [1.165, 1.54) is 0 Å². The summed E-state index contributed by atoms with van der Waals surface area (Å²) in [5, 5.41) is 2.88. The van der Waals surface area contributed by atoms with Crippen molar-refractivity contribution in [3.63, 3.8) is 0 Å². The number of carbonyl (C=O) groups excluding carboxylic acids is 2. The van der Waals surface area contributed by atoms with E-state index in [1.54, 1.807) is 26.0 Å². The monoisotopic (exact) mass is 277 g/mol. The van der Waals surface area contributed by atoms with Gasteiger partial charge >= 0.3 is 0 Å². The van der Waals surface area contributed by atoms with Crippen molar-refractivity contribution in [3.8, 4) is 5.75 Å². The van der Waals surface area contributed by atoms with Crippen LogP contribution in [0.2, 0.25) is 0 Å². The third-order valence-corrected chi connectivity index (χ3v) is 3.06. The van der Waals surface area contributed by atoms with Crippen LogP contribution < -0.4 is 10.1 Å². The van der Waals surface area contributed by atoms with E-state index in [4.69, 9.17) is 4.74 Å². The highest BCUT2D eigenvalue weighted by atomic mass is 16.5. The Balaban J connectivity index is 2.55. The van der Waals surface area contributed by atoms with Crippen molar-refractivity contribution in [2.24, 2.45) is 0 Å². The van der Waals surface area contributed by atoms with Crippen LogP contribution in [0, 0.1) is 0 Å². The molecule has 0 aliphatic carbocycles. The van der Waals surface area contributed by atoms with Crippen LogP contribution >= 0.6 is 0 Å². The molecule has 110 valence electrons. The number of Topliss-reactive ketones (excluding diaryl/α,β-unsaturated/α-hetero) is 1. The Morgan fingerprint density at radius 2 is 1.80 bits per heavy atom. The fraction of sp³-hybridized carbons (Fsp3) is 0.500. The lowest BCUT2D eigenvalue weighted by Crippen LogP contribution is -2.40.